The van der Waals surface area contributed by atoms with Crippen molar-refractivity contribution in [3.63, 3.8) is 0 Å². The third-order valence-corrected chi connectivity index (χ3v) is 2.43. The number of primary sulfonamides is 1. The molecule has 10 heavy (non-hydrogen) atoms. The Balaban J connectivity index is 2.38. The predicted octanol–water partition coefficient (Wildman–Crippen LogP) is -0.689. The van der Waals surface area contributed by atoms with Crippen LogP contribution in [0.5, 0.6) is 0 Å². The Kier molecular flexibility index (Phi) is 2.28. The average molecular weight is 165 g/mol. The molecule has 0 aliphatic carbocycles. The van der Waals surface area contributed by atoms with Gasteiger partial charge in [-0.05, 0) is 12.3 Å². The van der Waals surface area contributed by atoms with E-state index in [1.807, 2.05) is 0 Å². The summed E-state index contributed by atoms with van der Waals surface area (Å²) in [7, 11) is -3.29. The van der Waals surface area contributed by atoms with Gasteiger partial charge in [0.2, 0.25) is 10.0 Å². The van der Waals surface area contributed by atoms with Crippen molar-refractivity contribution in [1.29, 1.82) is 0 Å². The van der Waals surface area contributed by atoms with Crippen molar-refractivity contribution in [2.45, 2.75) is 6.42 Å². The number of hydrogen-bond acceptors (Lipinski definition) is 3. The van der Waals surface area contributed by atoms with Gasteiger partial charge in [0.15, 0.2) is 0 Å². The highest BCUT2D eigenvalue weighted by atomic mass is 32.2. The highest BCUT2D eigenvalue weighted by molar-refractivity contribution is 7.89. The van der Waals surface area contributed by atoms with Crippen molar-refractivity contribution < 1.29 is 13.2 Å². The minimum atomic E-state index is -3.29. The molecular weight excluding hydrogens is 154 g/mol. The number of hydrogen-bond donors (Lipinski definition) is 1. The van der Waals surface area contributed by atoms with Crippen LogP contribution in [-0.4, -0.2) is 27.4 Å². The van der Waals surface area contributed by atoms with Gasteiger partial charge in [0, 0.05) is 6.61 Å². The summed E-state index contributed by atoms with van der Waals surface area (Å²) < 4.78 is 26.0. The van der Waals surface area contributed by atoms with E-state index in [1.165, 1.54) is 0 Å². The smallest absolute Gasteiger partial charge is 0.209 e. The first-order valence-electron chi connectivity index (χ1n) is 3.16. The summed E-state index contributed by atoms with van der Waals surface area (Å²) in [6, 6.07) is 0. The van der Waals surface area contributed by atoms with Crippen LogP contribution < -0.4 is 5.14 Å². The van der Waals surface area contributed by atoms with Gasteiger partial charge in [-0.3, -0.25) is 0 Å². The van der Waals surface area contributed by atoms with Crippen molar-refractivity contribution in [2.24, 2.45) is 11.1 Å². The Hall–Kier alpha value is -0.130. The summed E-state index contributed by atoms with van der Waals surface area (Å²) in [5.41, 5.74) is 0. The van der Waals surface area contributed by atoms with Crippen molar-refractivity contribution >= 4 is 10.0 Å². The van der Waals surface area contributed by atoms with E-state index in [1.54, 1.807) is 0 Å². The minimum absolute atomic E-state index is 0.0625. The lowest BCUT2D eigenvalue weighted by molar-refractivity contribution is 0.188. The van der Waals surface area contributed by atoms with E-state index in [-0.39, 0.29) is 11.7 Å². The van der Waals surface area contributed by atoms with Gasteiger partial charge in [-0.25, -0.2) is 13.6 Å². The molecule has 1 aliphatic rings. The lowest BCUT2D eigenvalue weighted by atomic mass is 10.2. The topological polar surface area (TPSA) is 69.4 Å². The zero-order valence-electron chi connectivity index (χ0n) is 5.62. The summed E-state index contributed by atoms with van der Waals surface area (Å²) in [6.07, 6.45) is 0.816. The van der Waals surface area contributed by atoms with Gasteiger partial charge >= 0.3 is 0 Å². The predicted molar refractivity (Wildman–Crippen MR) is 36.9 cm³/mol. The molecule has 1 aliphatic heterocycles. The Morgan fingerprint density at radius 1 is 1.60 bits per heavy atom. The van der Waals surface area contributed by atoms with Crippen molar-refractivity contribution in [1.82, 2.24) is 0 Å². The molecule has 1 fully saturated rings. The van der Waals surface area contributed by atoms with Crippen LogP contribution in [0.15, 0.2) is 0 Å². The number of rotatable bonds is 2. The Labute approximate surface area is 60.4 Å². The Morgan fingerprint density at radius 3 is 2.70 bits per heavy atom. The van der Waals surface area contributed by atoms with E-state index >= 15 is 0 Å². The molecule has 1 atom stereocenters. The van der Waals surface area contributed by atoms with Gasteiger partial charge in [-0.15, -0.1) is 0 Å². The lowest BCUT2D eigenvalue weighted by Crippen LogP contribution is -2.23. The molecule has 4 nitrogen and oxygen atoms in total. The molecule has 0 radical (unpaired) electrons. The third-order valence-electron chi connectivity index (χ3n) is 1.49. The van der Waals surface area contributed by atoms with Gasteiger partial charge in [0.1, 0.15) is 0 Å². The van der Waals surface area contributed by atoms with Crippen LogP contribution in [-0.2, 0) is 14.8 Å². The van der Waals surface area contributed by atoms with E-state index in [0.717, 1.165) is 6.42 Å². The molecule has 0 bridgehead atoms. The van der Waals surface area contributed by atoms with Crippen LogP contribution in [0.1, 0.15) is 6.42 Å². The average Bonchev–Trinajstić information content (AvgIpc) is 2.12. The second-order valence-electron chi connectivity index (χ2n) is 2.56. The van der Waals surface area contributed by atoms with Crippen molar-refractivity contribution in [3.8, 4) is 0 Å². The quantitative estimate of drug-likeness (QED) is 0.589. The molecule has 0 aromatic rings. The molecule has 1 rings (SSSR count). The highest BCUT2D eigenvalue weighted by Crippen LogP contribution is 2.12. The third kappa shape index (κ3) is 2.64. The molecule has 0 amide bonds. The second kappa shape index (κ2) is 2.86. The number of ether oxygens (including phenoxy) is 1. The van der Waals surface area contributed by atoms with E-state index in [9.17, 15) is 8.42 Å². The fourth-order valence-electron chi connectivity index (χ4n) is 1.04. The Morgan fingerprint density at radius 2 is 2.30 bits per heavy atom. The van der Waals surface area contributed by atoms with E-state index in [2.05, 4.69) is 0 Å². The van der Waals surface area contributed by atoms with Crippen LogP contribution in [0.4, 0.5) is 0 Å². The summed E-state index contributed by atoms with van der Waals surface area (Å²) in [6.45, 7) is 1.20. The van der Waals surface area contributed by atoms with E-state index < -0.39 is 10.0 Å². The first kappa shape index (κ1) is 7.97. The maximum Gasteiger partial charge on any atom is 0.209 e. The largest absolute Gasteiger partial charge is 0.381 e. The fraction of sp³-hybridized carbons (Fsp3) is 1.00. The second-order valence-corrected chi connectivity index (χ2v) is 4.22. The van der Waals surface area contributed by atoms with E-state index in [4.69, 9.17) is 9.88 Å². The molecule has 1 heterocycles. The summed E-state index contributed by atoms with van der Waals surface area (Å²) in [4.78, 5) is 0. The van der Waals surface area contributed by atoms with Crippen LogP contribution in [0.3, 0.4) is 0 Å². The number of sulfonamides is 1. The molecule has 0 aromatic carbocycles. The fourth-order valence-corrected chi connectivity index (χ4v) is 1.96. The molecule has 1 saturated heterocycles. The van der Waals surface area contributed by atoms with Crippen LogP contribution >= 0.6 is 0 Å². The summed E-state index contributed by atoms with van der Waals surface area (Å²) in [5, 5.41) is 4.83. The summed E-state index contributed by atoms with van der Waals surface area (Å²) in [5.74, 6) is 0.183. The van der Waals surface area contributed by atoms with Gasteiger partial charge in [-0.2, -0.15) is 0 Å². The number of nitrogens with two attached hydrogens (primary N) is 1. The first-order valence-corrected chi connectivity index (χ1v) is 4.88. The van der Waals surface area contributed by atoms with E-state index in [0.29, 0.717) is 13.2 Å². The SMILES string of the molecule is NS(=O)(=O)C[C@H]1CCOC1. The van der Waals surface area contributed by atoms with Crippen LogP contribution in [0.2, 0.25) is 0 Å². The van der Waals surface area contributed by atoms with Gasteiger partial charge in [0.25, 0.3) is 0 Å². The molecule has 5 heteroatoms. The molecule has 0 spiro atoms. The minimum Gasteiger partial charge on any atom is -0.381 e. The maximum atomic E-state index is 10.5. The lowest BCUT2D eigenvalue weighted by Gasteiger charge is -2.02. The molecule has 0 saturated carbocycles. The van der Waals surface area contributed by atoms with Crippen molar-refractivity contribution in [3.05, 3.63) is 0 Å². The monoisotopic (exact) mass is 165 g/mol. The van der Waals surface area contributed by atoms with Crippen molar-refractivity contribution in [2.75, 3.05) is 19.0 Å². The van der Waals surface area contributed by atoms with Gasteiger partial charge in [-0.1, -0.05) is 0 Å². The molecule has 0 unspecified atom stereocenters. The zero-order valence-corrected chi connectivity index (χ0v) is 6.43. The van der Waals surface area contributed by atoms with Crippen LogP contribution in [0.25, 0.3) is 0 Å². The Bertz CT molecular complexity index is 193. The van der Waals surface area contributed by atoms with Gasteiger partial charge < -0.3 is 4.74 Å². The molecular formula is C5H11NO3S. The summed E-state index contributed by atoms with van der Waals surface area (Å²) >= 11 is 0. The zero-order chi connectivity index (χ0) is 7.61. The molecule has 0 aromatic heterocycles. The highest BCUT2D eigenvalue weighted by Gasteiger charge is 2.20. The molecule has 60 valence electrons. The first-order chi connectivity index (χ1) is 4.58. The van der Waals surface area contributed by atoms with Crippen LogP contribution in [0, 0.1) is 5.92 Å². The standard InChI is InChI=1S/C5H11NO3S/c6-10(7,8)4-5-1-2-9-3-5/h5H,1-4H2,(H2,6,7,8)/t5-/m0/s1. The molecule has 2 N–H and O–H groups in total. The maximum absolute atomic E-state index is 10.5. The van der Waals surface area contributed by atoms with Gasteiger partial charge in [0.05, 0.1) is 12.4 Å². The normalized spacial score (nSPS) is 27.1.